The molecule has 1 aliphatic rings. The Balaban J connectivity index is 1.78. The summed E-state index contributed by atoms with van der Waals surface area (Å²) in [4.78, 5) is 14.2. The first kappa shape index (κ1) is 17.8. The summed E-state index contributed by atoms with van der Waals surface area (Å²) in [5.74, 6) is 0.411. The van der Waals surface area contributed by atoms with Gasteiger partial charge in [-0.3, -0.25) is 0 Å². The second-order valence-electron chi connectivity index (χ2n) is 6.73. The largest absolute Gasteiger partial charge is 0.396 e. The molecule has 1 aliphatic carbocycles. The van der Waals surface area contributed by atoms with Gasteiger partial charge in [0.05, 0.1) is 0 Å². The van der Waals surface area contributed by atoms with Crippen LogP contribution in [0.3, 0.4) is 0 Å². The van der Waals surface area contributed by atoms with Gasteiger partial charge in [0.25, 0.3) is 0 Å². The van der Waals surface area contributed by atoms with Gasteiger partial charge in [-0.25, -0.2) is 4.79 Å². The zero-order valence-corrected chi connectivity index (χ0v) is 14.2. The lowest BCUT2D eigenvalue weighted by atomic mass is 9.87. The Kier molecular flexibility index (Phi) is 6.86. The standard InChI is InChI=1S/C18H29N3O2/c1-21(2)12-16-6-4-3-5-15(16)11-19-18(23)20-17-9-7-14(13-22)8-10-17/h3-6,14,17,22H,7-13H2,1-2H3,(H2,19,20,23). The van der Waals surface area contributed by atoms with Crippen LogP contribution in [0.2, 0.25) is 0 Å². The quantitative estimate of drug-likeness (QED) is 0.752. The van der Waals surface area contributed by atoms with E-state index in [4.69, 9.17) is 5.11 Å². The van der Waals surface area contributed by atoms with Gasteiger partial charge in [-0.1, -0.05) is 24.3 Å². The molecule has 2 rings (SSSR count). The molecule has 0 bridgehead atoms. The molecule has 5 nitrogen and oxygen atoms in total. The maximum atomic E-state index is 12.1. The molecule has 0 unspecified atom stereocenters. The van der Waals surface area contributed by atoms with E-state index in [1.807, 2.05) is 26.2 Å². The predicted octanol–water partition coefficient (Wildman–Crippen LogP) is 2.10. The first-order chi connectivity index (χ1) is 11.1. The average molecular weight is 319 g/mol. The van der Waals surface area contributed by atoms with E-state index in [1.54, 1.807) is 0 Å². The highest BCUT2D eigenvalue weighted by Crippen LogP contribution is 2.23. The molecule has 0 aromatic heterocycles. The third-order valence-corrected chi connectivity index (χ3v) is 4.48. The van der Waals surface area contributed by atoms with Crippen LogP contribution < -0.4 is 10.6 Å². The van der Waals surface area contributed by atoms with Crippen LogP contribution in [-0.4, -0.2) is 42.8 Å². The molecule has 0 spiro atoms. The fraction of sp³-hybridized carbons (Fsp3) is 0.611. The molecule has 1 aromatic carbocycles. The summed E-state index contributed by atoms with van der Waals surface area (Å²) >= 11 is 0. The second-order valence-corrected chi connectivity index (χ2v) is 6.73. The SMILES string of the molecule is CN(C)Cc1ccccc1CNC(=O)NC1CCC(CO)CC1. The van der Waals surface area contributed by atoms with Crippen LogP contribution in [0.1, 0.15) is 36.8 Å². The van der Waals surface area contributed by atoms with Gasteiger partial charge in [-0.15, -0.1) is 0 Å². The minimum Gasteiger partial charge on any atom is -0.396 e. The zero-order valence-electron chi connectivity index (χ0n) is 14.2. The number of hydrogen-bond donors (Lipinski definition) is 3. The Morgan fingerprint density at radius 2 is 1.83 bits per heavy atom. The van der Waals surface area contributed by atoms with Crippen molar-refractivity contribution in [1.82, 2.24) is 15.5 Å². The Morgan fingerprint density at radius 3 is 2.43 bits per heavy atom. The highest BCUT2D eigenvalue weighted by molar-refractivity contribution is 5.74. The minimum absolute atomic E-state index is 0.0999. The molecule has 0 atom stereocenters. The van der Waals surface area contributed by atoms with Crippen molar-refractivity contribution in [3.8, 4) is 0 Å². The van der Waals surface area contributed by atoms with E-state index >= 15 is 0 Å². The Morgan fingerprint density at radius 1 is 1.17 bits per heavy atom. The van der Waals surface area contributed by atoms with Crippen LogP contribution in [-0.2, 0) is 13.1 Å². The van der Waals surface area contributed by atoms with Crippen LogP contribution >= 0.6 is 0 Å². The van der Waals surface area contributed by atoms with Crippen molar-refractivity contribution in [3.05, 3.63) is 35.4 Å². The summed E-state index contributed by atoms with van der Waals surface area (Å²) in [6.07, 6.45) is 3.89. The molecule has 23 heavy (non-hydrogen) atoms. The van der Waals surface area contributed by atoms with E-state index in [-0.39, 0.29) is 18.7 Å². The number of aliphatic hydroxyl groups excluding tert-OH is 1. The molecule has 1 aromatic rings. The summed E-state index contributed by atoms with van der Waals surface area (Å²) in [5, 5.41) is 15.2. The van der Waals surface area contributed by atoms with Crippen molar-refractivity contribution >= 4 is 6.03 Å². The molecule has 0 heterocycles. The zero-order chi connectivity index (χ0) is 16.7. The van der Waals surface area contributed by atoms with Crippen molar-refractivity contribution in [2.45, 2.75) is 44.8 Å². The van der Waals surface area contributed by atoms with Gasteiger partial charge in [0.1, 0.15) is 0 Å². The van der Waals surface area contributed by atoms with Crippen LogP contribution in [0, 0.1) is 5.92 Å². The van der Waals surface area contributed by atoms with Gasteiger partial charge in [0.2, 0.25) is 0 Å². The fourth-order valence-corrected chi connectivity index (χ4v) is 3.13. The number of hydrogen-bond acceptors (Lipinski definition) is 3. The van der Waals surface area contributed by atoms with Crippen LogP contribution in [0.5, 0.6) is 0 Å². The molecule has 0 saturated heterocycles. The Labute approximate surface area is 139 Å². The predicted molar refractivity (Wildman–Crippen MR) is 92.0 cm³/mol. The lowest BCUT2D eigenvalue weighted by Crippen LogP contribution is -2.43. The van der Waals surface area contributed by atoms with Crippen LogP contribution in [0.25, 0.3) is 0 Å². The highest BCUT2D eigenvalue weighted by atomic mass is 16.3. The lowest BCUT2D eigenvalue weighted by Gasteiger charge is -2.28. The number of aliphatic hydroxyl groups is 1. The van der Waals surface area contributed by atoms with Gasteiger partial charge in [0.15, 0.2) is 0 Å². The van der Waals surface area contributed by atoms with E-state index < -0.39 is 0 Å². The molecule has 128 valence electrons. The van der Waals surface area contributed by atoms with E-state index in [0.717, 1.165) is 37.8 Å². The first-order valence-corrected chi connectivity index (χ1v) is 8.45. The van der Waals surface area contributed by atoms with E-state index in [2.05, 4.69) is 27.7 Å². The maximum absolute atomic E-state index is 12.1. The summed E-state index contributed by atoms with van der Waals surface area (Å²) in [5.41, 5.74) is 2.39. The van der Waals surface area contributed by atoms with E-state index in [9.17, 15) is 4.79 Å². The van der Waals surface area contributed by atoms with Gasteiger partial charge in [-0.2, -0.15) is 0 Å². The number of benzene rings is 1. The van der Waals surface area contributed by atoms with Crippen LogP contribution in [0.4, 0.5) is 4.79 Å². The third-order valence-electron chi connectivity index (χ3n) is 4.48. The van der Waals surface area contributed by atoms with Gasteiger partial charge in [0, 0.05) is 25.7 Å². The summed E-state index contributed by atoms with van der Waals surface area (Å²) < 4.78 is 0. The molecule has 2 amide bonds. The number of carbonyl (C=O) groups is 1. The van der Waals surface area contributed by atoms with Gasteiger partial charge in [-0.05, 0) is 56.8 Å². The second kappa shape index (κ2) is 8.89. The molecule has 0 radical (unpaired) electrons. The number of nitrogens with zero attached hydrogens (tertiary/aromatic N) is 1. The monoisotopic (exact) mass is 319 g/mol. The number of amides is 2. The number of carbonyl (C=O) groups excluding carboxylic acids is 1. The van der Waals surface area contributed by atoms with Crippen molar-refractivity contribution in [2.75, 3.05) is 20.7 Å². The maximum Gasteiger partial charge on any atom is 0.315 e. The number of urea groups is 1. The average Bonchev–Trinajstić information content (AvgIpc) is 2.54. The van der Waals surface area contributed by atoms with Crippen molar-refractivity contribution in [3.63, 3.8) is 0 Å². The smallest absolute Gasteiger partial charge is 0.315 e. The highest BCUT2D eigenvalue weighted by Gasteiger charge is 2.21. The normalized spacial score (nSPS) is 21.2. The summed E-state index contributed by atoms with van der Waals surface area (Å²) in [6.45, 7) is 1.67. The van der Waals surface area contributed by atoms with Crippen molar-refractivity contribution < 1.29 is 9.90 Å². The first-order valence-electron chi connectivity index (χ1n) is 8.45. The molecule has 1 fully saturated rings. The Bertz CT molecular complexity index is 497. The van der Waals surface area contributed by atoms with Crippen LogP contribution in [0.15, 0.2) is 24.3 Å². The summed E-state index contributed by atoms with van der Waals surface area (Å²) in [7, 11) is 4.08. The number of nitrogens with one attached hydrogen (secondary N) is 2. The van der Waals surface area contributed by atoms with E-state index in [1.165, 1.54) is 5.56 Å². The molecule has 5 heteroatoms. The van der Waals surface area contributed by atoms with Gasteiger partial charge >= 0.3 is 6.03 Å². The fourth-order valence-electron chi connectivity index (χ4n) is 3.13. The number of rotatable bonds is 6. The molecule has 0 aliphatic heterocycles. The minimum atomic E-state index is -0.0999. The third kappa shape index (κ3) is 5.84. The van der Waals surface area contributed by atoms with Gasteiger partial charge < -0.3 is 20.6 Å². The molecule has 1 saturated carbocycles. The Hall–Kier alpha value is -1.59. The molecule has 3 N–H and O–H groups in total. The molecular weight excluding hydrogens is 290 g/mol. The van der Waals surface area contributed by atoms with Crippen molar-refractivity contribution in [2.24, 2.45) is 5.92 Å². The molecular formula is C18H29N3O2. The summed E-state index contributed by atoms with van der Waals surface area (Å²) in [6, 6.07) is 8.33. The van der Waals surface area contributed by atoms with E-state index in [0.29, 0.717) is 12.5 Å². The lowest BCUT2D eigenvalue weighted by molar-refractivity contribution is 0.174. The van der Waals surface area contributed by atoms with Crippen molar-refractivity contribution in [1.29, 1.82) is 0 Å². The topological polar surface area (TPSA) is 64.6 Å².